The molecule has 0 aliphatic carbocycles. The van der Waals surface area contributed by atoms with Crippen LogP contribution in [0.15, 0.2) is 24.3 Å². The highest BCUT2D eigenvalue weighted by Crippen LogP contribution is 2.09. The van der Waals surface area contributed by atoms with Crippen molar-refractivity contribution in [2.45, 2.75) is 26.7 Å². The summed E-state index contributed by atoms with van der Waals surface area (Å²) in [6, 6.07) is 0. The summed E-state index contributed by atoms with van der Waals surface area (Å²) < 4.78 is 0. The number of hydrogen-bond donors (Lipinski definition) is 0. The molecule has 0 aromatic carbocycles. The third-order valence-electron chi connectivity index (χ3n) is 1.90. The van der Waals surface area contributed by atoms with Crippen molar-refractivity contribution in [3.05, 3.63) is 24.3 Å². The van der Waals surface area contributed by atoms with Crippen LogP contribution in [0.3, 0.4) is 0 Å². The predicted molar refractivity (Wildman–Crippen MR) is 66.2 cm³/mol. The summed E-state index contributed by atoms with van der Waals surface area (Å²) in [4.78, 5) is 22.3. The molecule has 0 aliphatic rings. The summed E-state index contributed by atoms with van der Waals surface area (Å²) in [5.74, 6) is 1.73. The fourth-order valence-corrected chi connectivity index (χ4v) is 1.72. The Morgan fingerprint density at radius 1 is 0.933 bits per heavy atom. The van der Waals surface area contributed by atoms with E-state index in [1.54, 1.807) is 25.6 Å². The lowest BCUT2D eigenvalue weighted by Crippen LogP contribution is -2.02. The van der Waals surface area contributed by atoms with Crippen molar-refractivity contribution in [3.63, 3.8) is 0 Å². The number of carbonyl (C=O) groups is 2. The van der Waals surface area contributed by atoms with Gasteiger partial charge in [0.05, 0.1) is 0 Å². The van der Waals surface area contributed by atoms with Gasteiger partial charge in [0, 0.05) is 24.3 Å². The number of thioether (sulfide) groups is 1. The molecular weight excluding hydrogens is 208 g/mol. The number of carbonyl (C=O) groups excluding carboxylic acids is 2. The lowest BCUT2D eigenvalue weighted by Gasteiger charge is -2.01. The van der Waals surface area contributed by atoms with Gasteiger partial charge in [-0.15, -0.1) is 0 Å². The highest BCUT2D eigenvalue weighted by Gasteiger charge is 2.04. The van der Waals surface area contributed by atoms with Crippen LogP contribution >= 0.6 is 11.8 Å². The van der Waals surface area contributed by atoms with Crippen molar-refractivity contribution in [2.24, 2.45) is 0 Å². The summed E-state index contributed by atoms with van der Waals surface area (Å²) in [7, 11) is 0. The second-order valence-corrected chi connectivity index (χ2v) is 4.74. The summed E-state index contributed by atoms with van der Waals surface area (Å²) in [6.07, 6.45) is 1.03. The minimum atomic E-state index is 0.105. The number of Topliss-reactive ketones (excluding diaryl/α,β-unsaturated/α-hetero) is 2. The first-order chi connectivity index (χ1) is 6.95. The van der Waals surface area contributed by atoms with Gasteiger partial charge < -0.3 is 0 Å². The van der Waals surface area contributed by atoms with Gasteiger partial charge in [-0.3, -0.25) is 9.59 Å². The fourth-order valence-electron chi connectivity index (χ4n) is 0.859. The van der Waals surface area contributed by atoms with Gasteiger partial charge in [0.15, 0.2) is 11.6 Å². The van der Waals surface area contributed by atoms with Crippen LogP contribution in [0.1, 0.15) is 26.7 Å². The van der Waals surface area contributed by atoms with Crippen LogP contribution in [0, 0.1) is 0 Å². The van der Waals surface area contributed by atoms with E-state index in [1.807, 2.05) is 0 Å². The third kappa shape index (κ3) is 7.14. The molecule has 0 heterocycles. The molecule has 0 saturated heterocycles. The Bertz CT molecular complexity index is 251. The van der Waals surface area contributed by atoms with Crippen LogP contribution in [0.5, 0.6) is 0 Å². The summed E-state index contributed by atoms with van der Waals surface area (Å²) in [5, 5.41) is 0. The predicted octanol–water partition coefficient (Wildman–Crippen LogP) is 2.79. The molecule has 0 atom stereocenters. The second-order valence-electron chi connectivity index (χ2n) is 3.52. The SMILES string of the molecule is C=C(C)C(=O)CCSCCC(=O)C(=C)C. The van der Waals surface area contributed by atoms with Crippen molar-refractivity contribution >= 4 is 23.3 Å². The molecule has 0 N–H and O–H groups in total. The van der Waals surface area contributed by atoms with Crippen LogP contribution in [-0.4, -0.2) is 23.1 Å². The van der Waals surface area contributed by atoms with Crippen molar-refractivity contribution in [1.29, 1.82) is 0 Å². The topological polar surface area (TPSA) is 34.1 Å². The van der Waals surface area contributed by atoms with Crippen LogP contribution < -0.4 is 0 Å². The molecular formula is C12H18O2S. The molecule has 0 radical (unpaired) electrons. The van der Waals surface area contributed by atoms with Gasteiger partial charge in [-0.1, -0.05) is 13.2 Å². The molecule has 15 heavy (non-hydrogen) atoms. The van der Waals surface area contributed by atoms with E-state index in [4.69, 9.17) is 0 Å². The molecule has 3 heteroatoms. The molecule has 0 unspecified atom stereocenters. The highest BCUT2D eigenvalue weighted by atomic mass is 32.2. The van der Waals surface area contributed by atoms with E-state index in [-0.39, 0.29) is 11.6 Å². The van der Waals surface area contributed by atoms with E-state index in [9.17, 15) is 9.59 Å². The molecule has 84 valence electrons. The summed E-state index contributed by atoms with van der Waals surface area (Å²) in [6.45, 7) is 10.6. The summed E-state index contributed by atoms with van der Waals surface area (Å²) in [5.41, 5.74) is 1.21. The monoisotopic (exact) mass is 226 g/mol. The zero-order valence-corrected chi connectivity index (χ0v) is 10.3. The van der Waals surface area contributed by atoms with Crippen LogP contribution in [0.2, 0.25) is 0 Å². The first kappa shape index (κ1) is 14.2. The molecule has 0 aromatic rings. The van der Waals surface area contributed by atoms with E-state index >= 15 is 0 Å². The molecule has 0 aliphatic heterocycles. The van der Waals surface area contributed by atoms with E-state index in [2.05, 4.69) is 13.2 Å². The summed E-state index contributed by atoms with van der Waals surface area (Å²) >= 11 is 1.62. The minimum Gasteiger partial charge on any atom is -0.295 e. The average molecular weight is 226 g/mol. The van der Waals surface area contributed by atoms with Gasteiger partial charge in [0.2, 0.25) is 0 Å². The maximum atomic E-state index is 11.2. The van der Waals surface area contributed by atoms with Gasteiger partial charge >= 0.3 is 0 Å². The Labute approximate surface area is 95.8 Å². The zero-order valence-electron chi connectivity index (χ0n) is 9.47. The van der Waals surface area contributed by atoms with Gasteiger partial charge in [0.1, 0.15) is 0 Å². The lowest BCUT2D eigenvalue weighted by molar-refractivity contribution is -0.115. The number of ketones is 2. The van der Waals surface area contributed by atoms with Gasteiger partial charge in [-0.2, -0.15) is 11.8 Å². The maximum absolute atomic E-state index is 11.2. The van der Waals surface area contributed by atoms with Crippen molar-refractivity contribution in [1.82, 2.24) is 0 Å². The average Bonchev–Trinajstić information content (AvgIpc) is 2.16. The van der Waals surface area contributed by atoms with E-state index in [0.717, 1.165) is 11.5 Å². The Morgan fingerprint density at radius 2 is 1.27 bits per heavy atom. The Hall–Kier alpha value is -0.830. The van der Waals surface area contributed by atoms with Crippen molar-refractivity contribution < 1.29 is 9.59 Å². The molecule has 0 rings (SSSR count). The number of rotatable bonds is 8. The maximum Gasteiger partial charge on any atom is 0.158 e. The van der Waals surface area contributed by atoms with Gasteiger partial charge in [0.25, 0.3) is 0 Å². The number of allylic oxidation sites excluding steroid dienone is 2. The zero-order chi connectivity index (χ0) is 11.8. The lowest BCUT2D eigenvalue weighted by atomic mass is 10.2. The Balaban J connectivity index is 3.48. The second kappa shape index (κ2) is 7.46. The van der Waals surface area contributed by atoms with E-state index < -0.39 is 0 Å². The van der Waals surface area contributed by atoms with Gasteiger partial charge in [-0.25, -0.2) is 0 Å². The fraction of sp³-hybridized carbons (Fsp3) is 0.500. The van der Waals surface area contributed by atoms with E-state index in [1.165, 1.54) is 0 Å². The molecule has 0 amide bonds. The molecule has 0 fully saturated rings. The van der Waals surface area contributed by atoms with Crippen molar-refractivity contribution in [3.8, 4) is 0 Å². The van der Waals surface area contributed by atoms with Gasteiger partial charge in [-0.05, 0) is 25.0 Å². The van der Waals surface area contributed by atoms with Crippen molar-refractivity contribution in [2.75, 3.05) is 11.5 Å². The largest absolute Gasteiger partial charge is 0.295 e. The first-order valence-corrected chi connectivity index (χ1v) is 6.05. The Kier molecular flexibility index (Phi) is 7.05. The molecule has 0 saturated carbocycles. The number of hydrogen-bond acceptors (Lipinski definition) is 3. The minimum absolute atomic E-state index is 0.105. The molecule has 0 spiro atoms. The first-order valence-electron chi connectivity index (χ1n) is 4.90. The Morgan fingerprint density at radius 3 is 1.53 bits per heavy atom. The molecule has 0 bridgehead atoms. The van der Waals surface area contributed by atoms with Crippen LogP contribution in [-0.2, 0) is 9.59 Å². The highest BCUT2D eigenvalue weighted by molar-refractivity contribution is 7.99. The smallest absolute Gasteiger partial charge is 0.158 e. The quantitative estimate of drug-likeness (QED) is 0.471. The molecule has 0 aromatic heterocycles. The van der Waals surface area contributed by atoms with Crippen LogP contribution in [0.25, 0.3) is 0 Å². The standard InChI is InChI=1S/C12H18O2S/c1-9(2)11(13)5-7-15-8-6-12(14)10(3)4/h1,3,5-8H2,2,4H3. The third-order valence-corrected chi connectivity index (χ3v) is 2.88. The molecule has 2 nitrogen and oxygen atoms in total. The van der Waals surface area contributed by atoms with E-state index in [0.29, 0.717) is 24.0 Å². The normalized spacial score (nSPS) is 9.73. The van der Waals surface area contributed by atoms with Crippen LogP contribution in [0.4, 0.5) is 0 Å².